The third-order valence-corrected chi connectivity index (χ3v) is 12.5. The molecule has 0 radical (unpaired) electrons. The van der Waals surface area contributed by atoms with E-state index < -0.39 is 0 Å². The van der Waals surface area contributed by atoms with Crippen molar-refractivity contribution in [2.75, 3.05) is 34.5 Å². The number of nitrogens with one attached hydrogen (secondary N) is 4. The molecule has 0 heterocycles. The summed E-state index contributed by atoms with van der Waals surface area (Å²) in [5, 5.41) is 11.5. The van der Waals surface area contributed by atoms with Gasteiger partial charge in [-0.3, -0.25) is 19.2 Å². The summed E-state index contributed by atoms with van der Waals surface area (Å²) in [7, 11) is 0. The number of anilines is 4. The van der Waals surface area contributed by atoms with E-state index >= 15 is 0 Å². The van der Waals surface area contributed by atoms with Crippen LogP contribution in [0.5, 0.6) is 11.5 Å². The Hall–Kier alpha value is -7.20. The second-order valence-corrected chi connectivity index (χ2v) is 18.8. The molecule has 0 aliphatic carbocycles. The molecule has 0 fully saturated rings. The van der Waals surface area contributed by atoms with Gasteiger partial charge in [0.05, 0.1) is 13.2 Å². The van der Waals surface area contributed by atoms with Crippen molar-refractivity contribution < 1.29 is 28.7 Å². The maximum atomic E-state index is 13.0. The molecular weight excluding hydrogens is 921 g/mol. The summed E-state index contributed by atoms with van der Waals surface area (Å²) in [6.07, 6.45) is 25.1. The van der Waals surface area contributed by atoms with E-state index in [4.69, 9.17) is 9.47 Å². The van der Waals surface area contributed by atoms with Crippen molar-refractivity contribution in [1.82, 2.24) is 0 Å². The van der Waals surface area contributed by atoms with Gasteiger partial charge in [0.2, 0.25) is 0 Å². The molecule has 6 aromatic rings. The molecule has 4 amide bonds. The van der Waals surface area contributed by atoms with Crippen LogP contribution in [0, 0.1) is 0 Å². The first kappa shape index (κ1) is 57.7. The smallest absolute Gasteiger partial charge is 0.255 e. The second kappa shape index (κ2) is 35.0. The van der Waals surface area contributed by atoms with Gasteiger partial charge in [-0.2, -0.15) is 0 Å². The van der Waals surface area contributed by atoms with Crippen LogP contribution in [-0.2, 0) is 0 Å². The zero-order valence-electron chi connectivity index (χ0n) is 44.0. The number of hydrogen-bond acceptors (Lipinski definition) is 6. The highest BCUT2D eigenvalue weighted by Crippen LogP contribution is 2.24. The molecule has 0 aliphatic rings. The van der Waals surface area contributed by atoms with Crippen LogP contribution in [0.3, 0.4) is 0 Å². The topological polar surface area (TPSA) is 135 Å². The zero-order valence-corrected chi connectivity index (χ0v) is 44.0. The van der Waals surface area contributed by atoms with Crippen LogP contribution >= 0.6 is 0 Å². The van der Waals surface area contributed by atoms with Crippen LogP contribution in [0.1, 0.15) is 184 Å². The monoisotopic (exact) mass is 1000 g/mol. The van der Waals surface area contributed by atoms with Crippen molar-refractivity contribution in [3.63, 3.8) is 0 Å². The number of carbonyl (C=O) groups is 4. The third-order valence-electron chi connectivity index (χ3n) is 12.5. The molecule has 0 aromatic heterocycles. The third kappa shape index (κ3) is 23.1. The quantitative estimate of drug-likeness (QED) is 0.0311. The van der Waals surface area contributed by atoms with Gasteiger partial charge in [-0.1, -0.05) is 202 Å². The Bertz CT molecular complexity index is 2200. The predicted octanol–water partition coefficient (Wildman–Crippen LogP) is 17.0. The standard InChI is InChI=1S/2C32H40N2O3/c2*1-2-3-4-5-6-7-8-9-10-17-22-37-30-24-26(31(35)33-28-18-13-11-14-19-28)23-27(25-30)32(36)34-29-20-15-12-16-21-29/h2*11-16,18-21,23-25H,2-10,17,22H2,1H3,(H,33,35)(H,34,36). The molecule has 6 rings (SSSR count). The fourth-order valence-electron chi connectivity index (χ4n) is 8.35. The number of amides is 4. The number of hydrogen-bond donors (Lipinski definition) is 4. The maximum Gasteiger partial charge on any atom is 0.255 e. The van der Waals surface area contributed by atoms with Crippen LogP contribution in [0.15, 0.2) is 158 Å². The first-order valence-corrected chi connectivity index (χ1v) is 27.3. The highest BCUT2D eigenvalue weighted by molar-refractivity contribution is 6.10. The van der Waals surface area contributed by atoms with E-state index in [-0.39, 0.29) is 23.6 Å². The van der Waals surface area contributed by atoms with Crippen molar-refractivity contribution in [3.05, 3.63) is 180 Å². The van der Waals surface area contributed by atoms with Gasteiger partial charge >= 0.3 is 0 Å². The van der Waals surface area contributed by atoms with Gasteiger partial charge < -0.3 is 30.7 Å². The maximum absolute atomic E-state index is 13.0. The highest BCUT2D eigenvalue weighted by Gasteiger charge is 2.17. The molecule has 392 valence electrons. The minimum Gasteiger partial charge on any atom is -0.494 e. The summed E-state index contributed by atoms with van der Waals surface area (Å²) >= 11 is 0. The van der Waals surface area contributed by atoms with E-state index in [2.05, 4.69) is 35.1 Å². The number of unbranched alkanes of at least 4 members (excludes halogenated alkanes) is 18. The minimum atomic E-state index is -0.288. The lowest BCUT2D eigenvalue weighted by Gasteiger charge is -2.12. The molecule has 4 N–H and O–H groups in total. The molecule has 74 heavy (non-hydrogen) atoms. The van der Waals surface area contributed by atoms with Gasteiger partial charge in [0, 0.05) is 45.0 Å². The molecule has 6 aromatic carbocycles. The number of rotatable bonds is 32. The van der Waals surface area contributed by atoms with E-state index in [1.165, 1.54) is 103 Å². The minimum absolute atomic E-state index is 0.288. The second-order valence-electron chi connectivity index (χ2n) is 18.8. The zero-order chi connectivity index (χ0) is 52.3. The van der Waals surface area contributed by atoms with E-state index in [0.717, 1.165) is 25.7 Å². The molecule has 0 saturated carbocycles. The first-order valence-electron chi connectivity index (χ1n) is 27.3. The van der Waals surface area contributed by atoms with Crippen molar-refractivity contribution in [3.8, 4) is 11.5 Å². The fourth-order valence-corrected chi connectivity index (χ4v) is 8.35. The van der Waals surface area contributed by atoms with Crippen LogP contribution in [0.4, 0.5) is 22.7 Å². The summed E-state index contributed by atoms with van der Waals surface area (Å²) in [5.74, 6) is -0.105. The van der Waals surface area contributed by atoms with Gasteiger partial charge in [0.15, 0.2) is 0 Å². The average Bonchev–Trinajstić information content (AvgIpc) is 3.42. The number of para-hydroxylation sites is 4. The number of ether oxygens (including phenoxy) is 2. The lowest BCUT2D eigenvalue weighted by atomic mass is 10.1. The molecular formula is C64H80N4O6. The number of carbonyl (C=O) groups excluding carboxylic acids is 4. The van der Waals surface area contributed by atoms with Gasteiger partial charge in [-0.05, 0) is 97.8 Å². The summed E-state index contributed by atoms with van der Waals surface area (Å²) in [5.41, 5.74) is 4.29. The van der Waals surface area contributed by atoms with Gasteiger partial charge in [-0.25, -0.2) is 0 Å². The number of benzene rings is 6. The average molecular weight is 1000 g/mol. The molecule has 10 nitrogen and oxygen atoms in total. The van der Waals surface area contributed by atoms with Crippen molar-refractivity contribution >= 4 is 46.4 Å². The fraction of sp³-hybridized carbons (Fsp3) is 0.375. The summed E-state index contributed by atoms with van der Waals surface area (Å²) in [6, 6.07) is 47.1. The molecule has 0 aliphatic heterocycles. The lowest BCUT2D eigenvalue weighted by Crippen LogP contribution is -2.16. The van der Waals surface area contributed by atoms with Gasteiger partial charge in [-0.15, -0.1) is 0 Å². The van der Waals surface area contributed by atoms with Gasteiger partial charge in [0.25, 0.3) is 23.6 Å². The van der Waals surface area contributed by atoms with Crippen molar-refractivity contribution in [2.24, 2.45) is 0 Å². The van der Waals surface area contributed by atoms with Crippen LogP contribution in [0.25, 0.3) is 0 Å². The Labute approximate surface area is 441 Å². The molecule has 0 atom stereocenters. The highest BCUT2D eigenvalue weighted by atomic mass is 16.5. The molecule has 10 heteroatoms. The normalized spacial score (nSPS) is 10.6. The van der Waals surface area contributed by atoms with E-state index in [9.17, 15) is 19.2 Å². The predicted molar refractivity (Wildman–Crippen MR) is 305 cm³/mol. The molecule has 0 bridgehead atoms. The van der Waals surface area contributed by atoms with Crippen molar-refractivity contribution in [2.45, 2.75) is 142 Å². The largest absolute Gasteiger partial charge is 0.494 e. The molecule has 0 spiro atoms. The Kier molecular flexibility index (Phi) is 27.3. The first-order chi connectivity index (χ1) is 36.3. The molecule has 0 saturated heterocycles. The van der Waals surface area contributed by atoms with Crippen LogP contribution < -0.4 is 30.7 Å². The van der Waals surface area contributed by atoms with Crippen molar-refractivity contribution in [1.29, 1.82) is 0 Å². The lowest BCUT2D eigenvalue weighted by molar-refractivity contribution is 0.101. The Morgan fingerprint density at radius 1 is 0.297 bits per heavy atom. The summed E-state index contributed by atoms with van der Waals surface area (Å²) < 4.78 is 12.0. The summed E-state index contributed by atoms with van der Waals surface area (Å²) in [4.78, 5) is 51.8. The SMILES string of the molecule is CCCCCCCCCCCCOc1cc(C(=O)Nc2ccccc2)cc(C(=O)Nc2ccccc2)c1.CCCCCCCCCCCCOc1cc(C(=O)Nc2ccccc2)cc(C(=O)Nc2ccccc2)c1. The van der Waals surface area contributed by atoms with Gasteiger partial charge in [0.1, 0.15) is 11.5 Å². The Morgan fingerprint density at radius 3 is 0.743 bits per heavy atom. The van der Waals surface area contributed by atoms with Crippen LogP contribution in [0.2, 0.25) is 0 Å². The van der Waals surface area contributed by atoms with E-state index in [1.54, 1.807) is 36.4 Å². The molecule has 0 unspecified atom stereocenters. The van der Waals surface area contributed by atoms with E-state index in [0.29, 0.717) is 69.7 Å². The summed E-state index contributed by atoms with van der Waals surface area (Å²) in [6.45, 7) is 5.61. The Morgan fingerprint density at radius 2 is 0.514 bits per heavy atom. The Balaban J connectivity index is 0.000000274. The van der Waals surface area contributed by atoms with E-state index in [1.807, 2.05) is 121 Å². The van der Waals surface area contributed by atoms with Crippen LogP contribution in [-0.4, -0.2) is 36.8 Å².